The molecule has 1 heterocycles. The molecule has 0 saturated carbocycles. The quantitative estimate of drug-likeness (QED) is 0.818. The van der Waals surface area contributed by atoms with E-state index in [0.29, 0.717) is 0 Å². The number of H-pyrrole nitrogens is 1. The highest BCUT2D eigenvalue weighted by Gasteiger charge is 2.22. The molecule has 0 saturated heterocycles. The van der Waals surface area contributed by atoms with Gasteiger partial charge in [-0.25, -0.2) is 0 Å². The van der Waals surface area contributed by atoms with Gasteiger partial charge in [0.2, 0.25) is 5.91 Å². The van der Waals surface area contributed by atoms with Crippen LogP contribution in [0.2, 0.25) is 0 Å². The highest BCUT2D eigenvalue weighted by molar-refractivity contribution is 5.90. The average Bonchev–Trinajstić information content (AvgIpc) is 2.56. The van der Waals surface area contributed by atoms with E-state index in [4.69, 9.17) is 5.73 Å². The number of hydrogen-bond donors (Lipinski definition) is 2. The number of rotatable bonds is 2. The maximum Gasteiger partial charge on any atom is 0.221 e. The number of benzene rings is 1. The lowest BCUT2D eigenvalue weighted by Gasteiger charge is -2.19. The van der Waals surface area contributed by atoms with Gasteiger partial charge in [0.1, 0.15) is 0 Å². The Morgan fingerprint density at radius 2 is 1.94 bits per heavy atom. The van der Waals surface area contributed by atoms with Crippen molar-refractivity contribution >= 4 is 16.8 Å². The van der Waals surface area contributed by atoms with Gasteiger partial charge in [-0.1, -0.05) is 39.0 Å². The lowest BCUT2D eigenvalue weighted by Crippen LogP contribution is -2.19. The van der Waals surface area contributed by atoms with Crippen LogP contribution in [0.15, 0.2) is 24.3 Å². The van der Waals surface area contributed by atoms with Gasteiger partial charge >= 0.3 is 0 Å². The van der Waals surface area contributed by atoms with E-state index in [1.54, 1.807) is 0 Å². The molecule has 0 aliphatic carbocycles. The van der Waals surface area contributed by atoms with Crippen LogP contribution in [-0.4, -0.2) is 10.9 Å². The molecule has 17 heavy (non-hydrogen) atoms. The van der Waals surface area contributed by atoms with Gasteiger partial charge in [0.25, 0.3) is 0 Å². The zero-order chi connectivity index (χ0) is 12.6. The van der Waals surface area contributed by atoms with Crippen molar-refractivity contribution in [3.05, 3.63) is 35.5 Å². The maximum atomic E-state index is 11.2. The molecule has 1 aromatic carbocycles. The fourth-order valence-electron chi connectivity index (χ4n) is 2.20. The van der Waals surface area contributed by atoms with Crippen molar-refractivity contribution in [2.24, 2.45) is 5.73 Å². The molecule has 1 aromatic heterocycles. The molecule has 2 rings (SSSR count). The molecule has 0 unspecified atom stereocenters. The van der Waals surface area contributed by atoms with Crippen LogP contribution in [0.3, 0.4) is 0 Å². The van der Waals surface area contributed by atoms with Crippen LogP contribution in [0.1, 0.15) is 32.0 Å². The topological polar surface area (TPSA) is 58.9 Å². The fraction of sp³-hybridized carbons (Fsp3) is 0.357. The number of aromatic amines is 1. The van der Waals surface area contributed by atoms with Gasteiger partial charge < -0.3 is 10.7 Å². The lowest BCUT2D eigenvalue weighted by atomic mass is 9.88. The zero-order valence-corrected chi connectivity index (χ0v) is 10.5. The standard InChI is InChI=1S/C14H18N2O/c1-14(2,3)13-10(8-12(15)17)9-6-4-5-7-11(9)16-13/h4-7,16H,8H2,1-3H3,(H2,15,17). The zero-order valence-electron chi connectivity index (χ0n) is 10.5. The summed E-state index contributed by atoms with van der Waals surface area (Å²) in [6.07, 6.45) is 0.288. The third-order valence-corrected chi connectivity index (χ3v) is 2.91. The lowest BCUT2D eigenvalue weighted by molar-refractivity contribution is -0.117. The predicted octanol–water partition coefficient (Wildman–Crippen LogP) is 2.49. The Labute approximate surface area is 101 Å². The first kappa shape index (κ1) is 11.7. The third kappa shape index (κ3) is 2.18. The van der Waals surface area contributed by atoms with Gasteiger partial charge in [-0.3, -0.25) is 4.79 Å². The molecule has 3 heteroatoms. The number of nitrogens with two attached hydrogens (primary N) is 1. The van der Waals surface area contributed by atoms with Crippen LogP contribution in [0.4, 0.5) is 0 Å². The summed E-state index contributed by atoms with van der Waals surface area (Å²) in [5.74, 6) is -0.291. The van der Waals surface area contributed by atoms with E-state index in [1.165, 1.54) is 0 Å². The molecule has 3 N–H and O–H groups in total. The van der Waals surface area contributed by atoms with Crippen molar-refractivity contribution in [2.75, 3.05) is 0 Å². The average molecular weight is 230 g/mol. The van der Waals surface area contributed by atoms with Crippen LogP contribution in [-0.2, 0) is 16.6 Å². The van der Waals surface area contributed by atoms with Crippen LogP contribution < -0.4 is 5.73 Å². The minimum absolute atomic E-state index is 0.0240. The van der Waals surface area contributed by atoms with Crippen molar-refractivity contribution in [1.29, 1.82) is 0 Å². The smallest absolute Gasteiger partial charge is 0.221 e. The number of fused-ring (bicyclic) bond motifs is 1. The molecule has 1 amide bonds. The van der Waals surface area contributed by atoms with Gasteiger partial charge in [-0.15, -0.1) is 0 Å². The van der Waals surface area contributed by atoms with Gasteiger partial charge in [0.15, 0.2) is 0 Å². The number of nitrogens with one attached hydrogen (secondary N) is 1. The largest absolute Gasteiger partial charge is 0.369 e. The number of amides is 1. The first-order valence-corrected chi connectivity index (χ1v) is 5.78. The van der Waals surface area contributed by atoms with Crippen LogP contribution in [0, 0.1) is 0 Å². The van der Waals surface area contributed by atoms with Gasteiger partial charge in [-0.2, -0.15) is 0 Å². The first-order chi connectivity index (χ1) is 7.89. The van der Waals surface area contributed by atoms with E-state index >= 15 is 0 Å². The van der Waals surface area contributed by atoms with Crippen molar-refractivity contribution in [3.63, 3.8) is 0 Å². The van der Waals surface area contributed by atoms with Crippen molar-refractivity contribution in [1.82, 2.24) is 4.98 Å². The van der Waals surface area contributed by atoms with E-state index in [-0.39, 0.29) is 17.7 Å². The monoisotopic (exact) mass is 230 g/mol. The molecule has 2 aromatic rings. The predicted molar refractivity (Wildman–Crippen MR) is 69.9 cm³/mol. The van der Waals surface area contributed by atoms with Crippen LogP contribution in [0.5, 0.6) is 0 Å². The molecular weight excluding hydrogens is 212 g/mol. The fourth-order valence-corrected chi connectivity index (χ4v) is 2.20. The second kappa shape index (κ2) is 3.91. The number of hydrogen-bond acceptors (Lipinski definition) is 1. The Kier molecular flexibility index (Phi) is 2.69. The Morgan fingerprint density at radius 3 is 2.53 bits per heavy atom. The Balaban J connectivity index is 2.69. The van der Waals surface area contributed by atoms with Gasteiger partial charge in [0.05, 0.1) is 6.42 Å². The highest BCUT2D eigenvalue weighted by atomic mass is 16.1. The van der Waals surface area contributed by atoms with E-state index in [9.17, 15) is 4.79 Å². The number of aromatic nitrogens is 1. The van der Waals surface area contributed by atoms with Crippen molar-refractivity contribution < 1.29 is 4.79 Å². The Hall–Kier alpha value is -1.77. The maximum absolute atomic E-state index is 11.2. The highest BCUT2D eigenvalue weighted by Crippen LogP contribution is 2.31. The van der Waals surface area contributed by atoms with E-state index in [1.807, 2.05) is 24.3 Å². The summed E-state index contributed by atoms with van der Waals surface area (Å²) in [5.41, 5.74) is 8.50. The molecule has 90 valence electrons. The number of carbonyl (C=O) groups is 1. The second-order valence-electron chi connectivity index (χ2n) is 5.42. The van der Waals surface area contributed by atoms with Gasteiger partial charge in [-0.05, 0) is 11.6 Å². The van der Waals surface area contributed by atoms with Crippen LogP contribution in [0.25, 0.3) is 10.9 Å². The van der Waals surface area contributed by atoms with Crippen molar-refractivity contribution in [3.8, 4) is 0 Å². The molecular formula is C14H18N2O. The number of para-hydroxylation sites is 1. The first-order valence-electron chi connectivity index (χ1n) is 5.78. The summed E-state index contributed by atoms with van der Waals surface area (Å²) in [5, 5.41) is 1.09. The number of primary amides is 1. The molecule has 0 radical (unpaired) electrons. The summed E-state index contributed by atoms with van der Waals surface area (Å²) in [7, 11) is 0. The molecule has 0 bridgehead atoms. The summed E-state index contributed by atoms with van der Waals surface area (Å²) in [6, 6.07) is 8.01. The minimum Gasteiger partial charge on any atom is -0.369 e. The second-order valence-corrected chi connectivity index (χ2v) is 5.42. The molecule has 0 aliphatic rings. The Bertz CT molecular complexity index is 561. The van der Waals surface area contributed by atoms with E-state index < -0.39 is 0 Å². The van der Waals surface area contributed by atoms with Crippen molar-refractivity contribution in [2.45, 2.75) is 32.6 Å². The molecule has 0 aliphatic heterocycles. The van der Waals surface area contributed by atoms with E-state index in [2.05, 4.69) is 25.8 Å². The van der Waals surface area contributed by atoms with E-state index in [0.717, 1.165) is 22.2 Å². The summed E-state index contributed by atoms with van der Waals surface area (Å²) in [4.78, 5) is 14.6. The third-order valence-electron chi connectivity index (χ3n) is 2.91. The van der Waals surface area contributed by atoms with Gasteiger partial charge in [0, 0.05) is 22.0 Å². The summed E-state index contributed by atoms with van der Waals surface area (Å²) in [6.45, 7) is 6.38. The molecule has 3 nitrogen and oxygen atoms in total. The van der Waals surface area contributed by atoms with Crippen LogP contribution >= 0.6 is 0 Å². The molecule has 0 atom stereocenters. The molecule has 0 spiro atoms. The summed E-state index contributed by atoms with van der Waals surface area (Å²) < 4.78 is 0. The number of carbonyl (C=O) groups excluding carboxylic acids is 1. The minimum atomic E-state index is -0.291. The Morgan fingerprint density at radius 1 is 1.29 bits per heavy atom. The SMILES string of the molecule is CC(C)(C)c1[nH]c2ccccc2c1CC(N)=O. The summed E-state index contributed by atoms with van der Waals surface area (Å²) >= 11 is 0. The normalized spacial score (nSPS) is 11.9. The molecule has 0 fully saturated rings.